The Balaban J connectivity index is 1.11. The van der Waals surface area contributed by atoms with Crippen molar-refractivity contribution in [3.8, 4) is 21.8 Å². The van der Waals surface area contributed by atoms with Gasteiger partial charge in [-0.05, 0) is 23.8 Å². The van der Waals surface area contributed by atoms with E-state index in [1.165, 1.54) is 14.8 Å². The zero-order valence-electron chi connectivity index (χ0n) is 30.6. The number of thiophene rings is 1. The van der Waals surface area contributed by atoms with Crippen LogP contribution < -0.4 is 0 Å². The van der Waals surface area contributed by atoms with Crippen LogP contribution in [0.1, 0.15) is 32.1 Å². The zero-order valence-corrected chi connectivity index (χ0v) is 33.0. The van der Waals surface area contributed by atoms with Crippen molar-refractivity contribution >= 4 is 37.5 Å². The van der Waals surface area contributed by atoms with Gasteiger partial charge in [-0.2, -0.15) is 17.9 Å². The minimum absolute atomic E-state index is 0.0434. The number of aromatic nitrogens is 1. The standard InChI is InChI=1S/C39H43N4O9S3/c1-49-39(50-2)21-8-11-29-27-51-38(44)43(37(29)39,31-19-25-42(26-20-31)55(47,48)36-15-14-34(53-36)33-16-22-40-52-33)30-17-23-41(24-18-30)54(45,46)35-13-7-6-12-32(35)28-9-4-3-5-10-28/h3-16,22,30-31H,17-21,23-27H2,1-2H3/q+1. The Morgan fingerprint density at radius 3 is 2.09 bits per heavy atom. The highest BCUT2D eigenvalue weighted by molar-refractivity contribution is 7.91. The van der Waals surface area contributed by atoms with Gasteiger partial charge in [0.1, 0.15) is 22.9 Å². The number of piperidine rings is 2. The highest BCUT2D eigenvalue weighted by atomic mass is 32.2. The van der Waals surface area contributed by atoms with Crippen molar-refractivity contribution in [3.05, 3.63) is 102 Å². The molecule has 0 bridgehead atoms. The minimum Gasteiger partial charge on any atom is -0.415 e. The normalized spacial score (nSPS) is 23.1. The molecule has 1 unspecified atom stereocenters. The fourth-order valence-electron chi connectivity index (χ4n) is 8.88. The van der Waals surface area contributed by atoms with E-state index in [2.05, 4.69) is 5.16 Å². The van der Waals surface area contributed by atoms with Gasteiger partial charge in [-0.1, -0.05) is 65.8 Å². The molecule has 1 amide bonds. The summed E-state index contributed by atoms with van der Waals surface area (Å²) in [6.07, 6.45) is 6.71. The van der Waals surface area contributed by atoms with Gasteiger partial charge in [-0.15, -0.1) is 11.3 Å². The minimum atomic E-state index is -3.92. The molecule has 2 fully saturated rings. The number of nitrogens with zero attached hydrogens (tertiary/aromatic N) is 4. The van der Waals surface area contributed by atoms with Gasteiger partial charge in [0.25, 0.3) is 10.0 Å². The summed E-state index contributed by atoms with van der Waals surface area (Å²) in [7, 11) is -4.65. The molecule has 1 atom stereocenters. The summed E-state index contributed by atoms with van der Waals surface area (Å²) < 4.78 is 83.1. The molecule has 4 aliphatic rings. The van der Waals surface area contributed by atoms with E-state index < -0.39 is 44.0 Å². The maximum atomic E-state index is 14.7. The number of amides is 1. The van der Waals surface area contributed by atoms with E-state index in [4.69, 9.17) is 18.7 Å². The first kappa shape index (κ1) is 37.9. The van der Waals surface area contributed by atoms with Gasteiger partial charge in [-0.3, -0.25) is 0 Å². The second kappa shape index (κ2) is 14.8. The molecule has 4 aromatic rings. The fraction of sp³-hybridized carbons (Fsp3) is 0.385. The summed E-state index contributed by atoms with van der Waals surface area (Å²) in [4.78, 5) is 15.6. The number of carbonyl (C=O) groups excluding carboxylic acids is 1. The van der Waals surface area contributed by atoms with Crippen molar-refractivity contribution < 1.29 is 44.8 Å². The van der Waals surface area contributed by atoms with E-state index in [9.17, 15) is 21.6 Å². The molecule has 55 heavy (non-hydrogen) atoms. The molecule has 3 aliphatic heterocycles. The monoisotopic (exact) mass is 807 g/mol. The van der Waals surface area contributed by atoms with E-state index in [0.29, 0.717) is 54.0 Å². The topological polar surface area (TPSA) is 146 Å². The van der Waals surface area contributed by atoms with Crippen LogP contribution in [-0.4, -0.2) is 106 Å². The van der Waals surface area contributed by atoms with E-state index in [1.54, 1.807) is 44.6 Å². The molecular formula is C39H43N4O9S3+. The van der Waals surface area contributed by atoms with Gasteiger partial charge in [0.2, 0.25) is 15.8 Å². The van der Waals surface area contributed by atoms with Crippen molar-refractivity contribution in [1.82, 2.24) is 13.8 Å². The van der Waals surface area contributed by atoms with Crippen molar-refractivity contribution in [2.45, 2.75) is 59.1 Å². The average molecular weight is 808 g/mol. The molecule has 0 saturated carbocycles. The number of cyclic esters (lactones) is 1. The Kier molecular flexibility index (Phi) is 10.2. The van der Waals surface area contributed by atoms with Crippen LogP contribution in [0, 0.1) is 0 Å². The van der Waals surface area contributed by atoms with Gasteiger partial charge >= 0.3 is 6.09 Å². The van der Waals surface area contributed by atoms with Crippen molar-refractivity contribution in [2.75, 3.05) is 47.0 Å². The lowest BCUT2D eigenvalue weighted by molar-refractivity contribution is -0.885. The predicted octanol–water partition coefficient (Wildman–Crippen LogP) is 6.25. The Hall–Kier alpha value is -4.00. The van der Waals surface area contributed by atoms with E-state index in [0.717, 1.165) is 22.5 Å². The highest BCUT2D eigenvalue weighted by Crippen LogP contribution is 2.50. The van der Waals surface area contributed by atoms with Gasteiger partial charge in [-0.25, -0.2) is 16.8 Å². The molecule has 0 radical (unpaired) electrons. The smallest absolute Gasteiger partial charge is 0.415 e. The Morgan fingerprint density at radius 2 is 1.45 bits per heavy atom. The molecular weight excluding hydrogens is 765 g/mol. The van der Waals surface area contributed by atoms with Crippen molar-refractivity contribution in [1.29, 1.82) is 0 Å². The third kappa shape index (κ3) is 6.32. The lowest BCUT2D eigenvalue weighted by Gasteiger charge is -2.55. The van der Waals surface area contributed by atoms with Crippen LogP contribution in [0.15, 0.2) is 116 Å². The highest BCUT2D eigenvalue weighted by Gasteiger charge is 2.65. The van der Waals surface area contributed by atoms with Crippen molar-refractivity contribution in [3.63, 3.8) is 0 Å². The molecule has 5 heterocycles. The summed E-state index contributed by atoms with van der Waals surface area (Å²) in [5, 5.41) is 3.73. The third-order valence-electron chi connectivity index (χ3n) is 11.5. The number of rotatable bonds is 10. The Bertz CT molecular complexity index is 2320. The lowest BCUT2D eigenvalue weighted by atomic mass is 9.85. The Morgan fingerprint density at radius 1 is 0.818 bits per heavy atom. The number of benzene rings is 2. The van der Waals surface area contributed by atoms with E-state index in [1.807, 2.05) is 54.6 Å². The largest absolute Gasteiger partial charge is 0.521 e. The first-order valence-electron chi connectivity index (χ1n) is 18.3. The molecule has 2 saturated heterocycles. The number of quaternary nitrogens is 1. The number of methoxy groups -OCH3 is 2. The van der Waals surface area contributed by atoms with E-state index in [-0.39, 0.29) is 46.4 Å². The zero-order chi connectivity index (χ0) is 38.4. The molecule has 290 valence electrons. The molecule has 2 aromatic carbocycles. The number of hydrogen-bond acceptors (Lipinski definition) is 11. The maximum Gasteiger partial charge on any atom is 0.521 e. The van der Waals surface area contributed by atoms with Gasteiger partial charge in [0.15, 0.2) is 11.5 Å². The number of hydrogen-bond donors (Lipinski definition) is 0. The van der Waals surface area contributed by atoms with E-state index >= 15 is 0 Å². The van der Waals surface area contributed by atoms with Crippen LogP contribution in [-0.2, 0) is 34.3 Å². The number of sulfonamides is 2. The van der Waals surface area contributed by atoms with Crippen LogP contribution in [0.4, 0.5) is 4.79 Å². The molecule has 0 N–H and O–H groups in total. The predicted molar refractivity (Wildman–Crippen MR) is 204 cm³/mol. The molecule has 1 aliphatic carbocycles. The second-order valence-electron chi connectivity index (χ2n) is 14.1. The second-order valence-corrected chi connectivity index (χ2v) is 19.3. The average Bonchev–Trinajstić information content (AvgIpc) is 3.96. The first-order valence-corrected chi connectivity index (χ1v) is 22.0. The molecule has 0 spiro atoms. The van der Waals surface area contributed by atoms with Crippen LogP contribution >= 0.6 is 11.3 Å². The molecule has 13 nitrogen and oxygen atoms in total. The van der Waals surface area contributed by atoms with Crippen LogP contribution in [0.5, 0.6) is 0 Å². The summed E-state index contributed by atoms with van der Waals surface area (Å²) in [5.74, 6) is -0.789. The molecule has 16 heteroatoms. The fourth-order valence-corrected chi connectivity index (χ4v) is 13.5. The third-order valence-corrected chi connectivity index (χ3v) is 16.9. The number of ether oxygens (including phenoxy) is 3. The summed E-state index contributed by atoms with van der Waals surface area (Å²) in [5.41, 5.74) is 2.86. The van der Waals surface area contributed by atoms with Crippen LogP contribution in [0.25, 0.3) is 21.8 Å². The van der Waals surface area contributed by atoms with Crippen molar-refractivity contribution in [2.24, 2.45) is 0 Å². The number of carbonyl (C=O) groups is 1. The first-order chi connectivity index (χ1) is 26.6. The summed E-state index contributed by atoms with van der Waals surface area (Å²) >= 11 is 1.12. The van der Waals surface area contributed by atoms with Crippen LogP contribution in [0.3, 0.4) is 0 Å². The quantitative estimate of drug-likeness (QED) is 0.133. The Labute approximate surface area is 325 Å². The van der Waals surface area contributed by atoms with Gasteiger partial charge in [0.05, 0.1) is 21.5 Å². The van der Waals surface area contributed by atoms with Gasteiger partial charge < -0.3 is 18.7 Å². The lowest BCUT2D eigenvalue weighted by Crippen LogP contribution is -2.72. The summed E-state index contributed by atoms with van der Waals surface area (Å²) in [6.45, 7) is 0.735. The SMILES string of the molecule is COC1(OC)CC=CC2=C1[N+](C1CCN(S(=O)(=O)c3ccc(-c4ccno4)s3)CC1)(C1CCN(S(=O)(=O)c3ccccc3-c3ccccc3)CC1)C(=O)OC2. The van der Waals surface area contributed by atoms with Gasteiger partial charge in [0, 0.05) is 84.1 Å². The molecule has 8 rings (SSSR count). The summed E-state index contributed by atoms with van der Waals surface area (Å²) in [6, 6.07) is 20.6. The van der Waals surface area contributed by atoms with Crippen LogP contribution in [0.2, 0.25) is 0 Å². The maximum absolute atomic E-state index is 14.7. The molecule has 2 aromatic heterocycles.